The number of carbonyl (C=O) groups is 2. The van der Waals surface area contributed by atoms with Crippen LogP contribution in [0.2, 0.25) is 0 Å². The minimum atomic E-state index is -0.462. The maximum Gasteiger partial charge on any atom is 0.322 e. The molecule has 6 heteroatoms. The highest BCUT2D eigenvalue weighted by atomic mass is 79.9. The first-order valence-corrected chi connectivity index (χ1v) is 8.15. The number of methoxy groups -OCH3 is 1. The first-order valence-electron chi connectivity index (χ1n) is 7.36. The van der Waals surface area contributed by atoms with Crippen LogP contribution < -0.4 is 10.1 Å². The number of benzene rings is 1. The number of allylic oxidation sites excluding steroid dienone is 1. The quantitative estimate of drug-likeness (QED) is 0.879. The second kappa shape index (κ2) is 6.20. The molecule has 0 aliphatic carbocycles. The zero-order valence-corrected chi connectivity index (χ0v) is 14.5. The van der Waals surface area contributed by atoms with Crippen LogP contribution in [-0.2, 0) is 4.79 Å². The fourth-order valence-corrected chi connectivity index (χ4v) is 3.53. The Morgan fingerprint density at radius 1 is 1.43 bits per heavy atom. The number of amides is 2. The number of nitrogens with one attached hydrogen (secondary N) is 1. The number of ketones is 1. The minimum absolute atomic E-state index is 0.0477. The van der Waals surface area contributed by atoms with Gasteiger partial charge in [-0.2, -0.15) is 0 Å². The molecule has 0 spiro atoms. The highest BCUT2D eigenvalue weighted by molar-refractivity contribution is 9.10. The van der Waals surface area contributed by atoms with Gasteiger partial charge >= 0.3 is 6.03 Å². The molecule has 0 bridgehead atoms. The highest BCUT2D eigenvalue weighted by Gasteiger charge is 2.35. The molecule has 2 heterocycles. The Balaban J connectivity index is 2.12. The fourth-order valence-electron chi connectivity index (χ4n) is 2.97. The van der Waals surface area contributed by atoms with Crippen molar-refractivity contribution >= 4 is 27.7 Å². The summed E-state index contributed by atoms with van der Waals surface area (Å²) >= 11 is 3.45. The van der Waals surface area contributed by atoms with Crippen molar-refractivity contribution in [1.29, 1.82) is 0 Å². The molecule has 1 atom stereocenters. The number of fused-ring (bicyclic) bond motifs is 1. The molecular weight excluding hydrogens is 360 g/mol. The van der Waals surface area contributed by atoms with Crippen molar-refractivity contribution in [3.8, 4) is 5.75 Å². The van der Waals surface area contributed by atoms with E-state index in [0.717, 1.165) is 16.5 Å². The molecule has 0 radical (unpaired) electrons. The van der Waals surface area contributed by atoms with Crippen LogP contribution in [0.1, 0.15) is 24.9 Å². The molecule has 23 heavy (non-hydrogen) atoms. The van der Waals surface area contributed by atoms with Gasteiger partial charge in [-0.1, -0.05) is 12.1 Å². The van der Waals surface area contributed by atoms with Gasteiger partial charge in [0, 0.05) is 12.1 Å². The van der Waals surface area contributed by atoms with E-state index in [1.54, 1.807) is 12.0 Å². The second-order valence-electron chi connectivity index (χ2n) is 5.47. The monoisotopic (exact) mass is 376 g/mol. The van der Waals surface area contributed by atoms with Crippen molar-refractivity contribution in [2.75, 3.05) is 13.7 Å². The Kier molecular flexibility index (Phi) is 4.26. The van der Waals surface area contributed by atoms with E-state index in [-0.39, 0.29) is 11.8 Å². The normalized spacial score (nSPS) is 20.2. The maximum atomic E-state index is 12.4. The third-order valence-corrected chi connectivity index (χ3v) is 4.67. The van der Waals surface area contributed by atoms with Crippen molar-refractivity contribution in [2.45, 2.75) is 19.4 Å². The topological polar surface area (TPSA) is 58.6 Å². The average Bonchev–Trinajstić information content (AvgIpc) is 2.54. The molecule has 5 nitrogen and oxygen atoms in total. The van der Waals surface area contributed by atoms with Crippen LogP contribution >= 0.6 is 15.9 Å². The number of urea groups is 1. The second-order valence-corrected chi connectivity index (χ2v) is 6.33. The molecule has 120 valence electrons. The number of nitrogens with zero attached hydrogens (tertiary/aromatic N) is 1. The Morgan fingerprint density at radius 3 is 2.87 bits per heavy atom. The first kappa shape index (κ1) is 15.8. The molecule has 0 aromatic heterocycles. The van der Waals surface area contributed by atoms with E-state index >= 15 is 0 Å². The number of Topliss-reactive ketones (excluding diaryl/α,β-unsaturated/α-hetero) is 1. The maximum absolute atomic E-state index is 12.4. The highest BCUT2D eigenvalue weighted by Crippen LogP contribution is 2.36. The summed E-state index contributed by atoms with van der Waals surface area (Å²) in [6.45, 7) is 2.12. The van der Waals surface area contributed by atoms with Crippen LogP contribution in [-0.4, -0.2) is 30.4 Å². The van der Waals surface area contributed by atoms with Crippen LogP contribution in [0.5, 0.6) is 5.75 Å². The number of carbonyl (C=O) groups excluding carboxylic acids is 2. The van der Waals surface area contributed by atoms with E-state index in [1.807, 2.05) is 30.4 Å². The lowest BCUT2D eigenvalue weighted by atomic mass is 9.91. The van der Waals surface area contributed by atoms with Crippen molar-refractivity contribution in [1.82, 2.24) is 10.2 Å². The van der Waals surface area contributed by atoms with Gasteiger partial charge in [0.1, 0.15) is 5.75 Å². The largest absolute Gasteiger partial charge is 0.496 e. The third-order valence-electron chi connectivity index (χ3n) is 4.05. The van der Waals surface area contributed by atoms with Gasteiger partial charge < -0.3 is 10.1 Å². The van der Waals surface area contributed by atoms with Crippen molar-refractivity contribution in [2.24, 2.45) is 0 Å². The lowest BCUT2D eigenvalue weighted by Crippen LogP contribution is -2.48. The summed E-state index contributed by atoms with van der Waals surface area (Å²) in [6, 6.07) is 4.91. The SMILES string of the molecule is COc1ccc(C2NC(=O)N3CCC=CC3=C2C(C)=O)cc1Br. The van der Waals surface area contributed by atoms with Crippen LogP contribution in [0.3, 0.4) is 0 Å². The summed E-state index contributed by atoms with van der Waals surface area (Å²) in [4.78, 5) is 26.3. The minimum Gasteiger partial charge on any atom is -0.496 e. The molecule has 3 rings (SSSR count). The number of hydrogen-bond donors (Lipinski definition) is 1. The lowest BCUT2D eigenvalue weighted by Gasteiger charge is -2.37. The predicted octanol–water partition coefficient (Wildman–Crippen LogP) is 3.33. The molecule has 2 aliphatic heterocycles. The summed E-state index contributed by atoms with van der Waals surface area (Å²) < 4.78 is 6.01. The summed E-state index contributed by atoms with van der Waals surface area (Å²) in [7, 11) is 1.59. The smallest absolute Gasteiger partial charge is 0.322 e. The number of ether oxygens (including phenoxy) is 1. The van der Waals surface area contributed by atoms with Crippen LogP contribution in [0, 0.1) is 0 Å². The van der Waals surface area contributed by atoms with Crippen molar-refractivity contribution in [3.05, 3.63) is 51.7 Å². The zero-order chi connectivity index (χ0) is 16.6. The van der Waals surface area contributed by atoms with Gasteiger partial charge in [-0.15, -0.1) is 0 Å². The molecule has 2 amide bonds. The van der Waals surface area contributed by atoms with Gasteiger partial charge in [-0.3, -0.25) is 9.69 Å². The number of rotatable bonds is 3. The molecule has 0 fully saturated rings. The van der Waals surface area contributed by atoms with Gasteiger partial charge in [0.15, 0.2) is 5.78 Å². The van der Waals surface area contributed by atoms with E-state index in [1.165, 1.54) is 6.92 Å². The first-order chi connectivity index (χ1) is 11.0. The van der Waals surface area contributed by atoms with Crippen molar-refractivity contribution in [3.63, 3.8) is 0 Å². The van der Waals surface area contributed by atoms with E-state index in [2.05, 4.69) is 21.2 Å². The molecule has 1 aromatic rings. The predicted molar refractivity (Wildman–Crippen MR) is 90.1 cm³/mol. The van der Waals surface area contributed by atoms with E-state index in [0.29, 0.717) is 23.6 Å². The Labute approximate surface area is 143 Å². The van der Waals surface area contributed by atoms with E-state index in [4.69, 9.17) is 4.74 Å². The van der Waals surface area contributed by atoms with Crippen LogP contribution in [0.25, 0.3) is 0 Å². The lowest BCUT2D eigenvalue weighted by molar-refractivity contribution is -0.114. The molecule has 1 N–H and O–H groups in total. The Bertz CT molecular complexity index is 739. The standard InChI is InChI=1S/C17H17BrN2O3/c1-10(21)15-13-5-3-4-8-20(13)17(22)19-16(15)11-6-7-14(23-2)12(18)9-11/h3,5-7,9,16H,4,8H2,1-2H3,(H,19,22). The fraction of sp³-hybridized carbons (Fsp3) is 0.294. The van der Waals surface area contributed by atoms with Gasteiger partial charge in [0.25, 0.3) is 0 Å². The summed E-state index contributed by atoms with van der Waals surface area (Å²) in [5, 5.41) is 2.94. The molecule has 0 saturated heterocycles. The summed E-state index contributed by atoms with van der Waals surface area (Å²) in [5.41, 5.74) is 2.14. The van der Waals surface area contributed by atoms with Crippen LogP contribution in [0.4, 0.5) is 4.79 Å². The Hall–Kier alpha value is -2.08. The molecule has 2 aliphatic rings. The summed E-state index contributed by atoms with van der Waals surface area (Å²) in [6.07, 6.45) is 4.65. The average molecular weight is 377 g/mol. The number of halogens is 1. The third kappa shape index (κ3) is 2.79. The molecule has 0 saturated carbocycles. The molecule has 1 unspecified atom stereocenters. The molecular formula is C17H17BrN2O3. The van der Waals surface area contributed by atoms with Gasteiger partial charge in [0.2, 0.25) is 0 Å². The van der Waals surface area contributed by atoms with E-state index in [9.17, 15) is 9.59 Å². The zero-order valence-electron chi connectivity index (χ0n) is 12.9. The Morgan fingerprint density at radius 2 is 2.22 bits per heavy atom. The summed E-state index contributed by atoms with van der Waals surface area (Å²) in [5.74, 6) is 0.653. The van der Waals surface area contributed by atoms with Crippen LogP contribution in [0.15, 0.2) is 46.1 Å². The van der Waals surface area contributed by atoms with Crippen molar-refractivity contribution < 1.29 is 14.3 Å². The van der Waals surface area contributed by atoms with Gasteiger partial charge in [-0.05, 0) is 53.0 Å². The number of hydrogen-bond acceptors (Lipinski definition) is 3. The van der Waals surface area contributed by atoms with E-state index < -0.39 is 6.04 Å². The van der Waals surface area contributed by atoms with Gasteiger partial charge in [-0.25, -0.2) is 4.79 Å². The van der Waals surface area contributed by atoms with Gasteiger partial charge in [0.05, 0.1) is 23.3 Å². The molecule has 1 aromatic carbocycles.